The molecule has 0 saturated heterocycles. The Labute approximate surface area is 60.8 Å². The fourth-order valence-electron chi connectivity index (χ4n) is 0.206. The van der Waals surface area contributed by atoms with E-state index in [0.29, 0.717) is 6.29 Å². The zero-order chi connectivity index (χ0) is 7.28. The molecule has 0 aliphatic heterocycles. The van der Waals surface area contributed by atoms with Gasteiger partial charge in [-0.25, -0.2) is 4.79 Å². The summed E-state index contributed by atoms with van der Waals surface area (Å²) < 4.78 is 4.39. The minimum atomic E-state index is -0.547. The molecule has 0 bridgehead atoms. The Morgan fingerprint density at radius 2 is 2.22 bits per heavy atom. The molecule has 0 saturated carbocycles. The number of esters is 1. The van der Waals surface area contributed by atoms with Crippen LogP contribution in [0.5, 0.6) is 0 Å². The predicted molar refractivity (Wildman–Crippen MR) is 35.1 cm³/mol. The molecule has 0 unspecified atom stereocenters. The lowest BCUT2D eigenvalue weighted by molar-refractivity contribution is -0.135. The third kappa shape index (κ3) is 3.90. The van der Waals surface area contributed by atoms with Gasteiger partial charge in [0.1, 0.15) is 0 Å². The van der Waals surface area contributed by atoms with E-state index < -0.39 is 5.97 Å². The highest BCUT2D eigenvalue weighted by atomic mass is 79.9. The zero-order valence-electron chi connectivity index (χ0n) is 4.76. The smallest absolute Gasteiger partial charge is 0.331 e. The first-order valence-corrected chi connectivity index (χ1v) is 2.90. The molecular formula is C5H5BrO3. The monoisotopic (exact) mass is 192 g/mol. The van der Waals surface area contributed by atoms with Crippen LogP contribution in [0, 0.1) is 0 Å². The van der Waals surface area contributed by atoms with Gasteiger partial charge >= 0.3 is 5.97 Å². The van der Waals surface area contributed by atoms with Crippen molar-refractivity contribution in [2.24, 2.45) is 0 Å². The highest BCUT2D eigenvalue weighted by molar-refractivity contribution is 9.12. The van der Waals surface area contributed by atoms with Gasteiger partial charge in [0, 0.05) is 6.08 Å². The third-order valence-corrected chi connectivity index (χ3v) is 0.985. The highest BCUT2D eigenvalue weighted by Gasteiger charge is 1.94. The Kier molecular flexibility index (Phi) is 3.96. The molecule has 9 heavy (non-hydrogen) atoms. The summed E-state index contributed by atoms with van der Waals surface area (Å²) in [5.41, 5.74) is 0. The lowest BCUT2D eigenvalue weighted by Crippen LogP contribution is -1.94. The van der Waals surface area contributed by atoms with Crippen molar-refractivity contribution in [2.45, 2.75) is 0 Å². The Hall–Kier alpha value is -0.640. The second-order valence-corrected chi connectivity index (χ2v) is 2.09. The van der Waals surface area contributed by atoms with Crippen molar-refractivity contribution in [1.82, 2.24) is 0 Å². The number of halogens is 1. The van der Waals surface area contributed by atoms with E-state index in [9.17, 15) is 9.59 Å². The normalized spacial score (nSPS) is 10.7. The third-order valence-electron chi connectivity index (χ3n) is 0.570. The van der Waals surface area contributed by atoms with Crippen LogP contribution in [0.2, 0.25) is 0 Å². The number of aldehydes is 1. The van der Waals surface area contributed by atoms with Crippen molar-refractivity contribution >= 4 is 28.2 Å². The van der Waals surface area contributed by atoms with Crippen LogP contribution in [0.4, 0.5) is 0 Å². The molecule has 0 aliphatic rings. The number of methoxy groups -OCH3 is 1. The van der Waals surface area contributed by atoms with Crippen LogP contribution in [-0.4, -0.2) is 19.4 Å². The Morgan fingerprint density at radius 1 is 1.67 bits per heavy atom. The first kappa shape index (κ1) is 8.36. The number of hydrogen-bond acceptors (Lipinski definition) is 3. The zero-order valence-corrected chi connectivity index (χ0v) is 6.34. The number of carbonyl (C=O) groups excluding carboxylic acids is 2. The Balaban J connectivity index is 3.94. The van der Waals surface area contributed by atoms with Gasteiger partial charge in [-0.15, -0.1) is 0 Å². The van der Waals surface area contributed by atoms with Crippen molar-refractivity contribution < 1.29 is 14.3 Å². The Morgan fingerprint density at radius 3 is 2.56 bits per heavy atom. The molecule has 0 spiro atoms. The molecule has 0 atom stereocenters. The highest BCUT2D eigenvalue weighted by Crippen LogP contribution is 1.98. The largest absolute Gasteiger partial charge is 0.466 e. The minimum Gasteiger partial charge on any atom is -0.466 e. The molecule has 4 heteroatoms. The van der Waals surface area contributed by atoms with E-state index in [1.165, 1.54) is 7.11 Å². The van der Waals surface area contributed by atoms with Crippen molar-refractivity contribution in [1.29, 1.82) is 0 Å². The SMILES string of the molecule is COC(=O)/C=C(/Br)C=O. The standard InChI is InChI=1S/C5H5BrO3/c1-9-5(8)2-4(6)3-7/h2-3H,1H3/b4-2+. The lowest BCUT2D eigenvalue weighted by atomic mass is 10.5. The van der Waals surface area contributed by atoms with Gasteiger partial charge in [-0.1, -0.05) is 0 Å². The molecule has 0 aliphatic carbocycles. The van der Waals surface area contributed by atoms with Gasteiger partial charge in [-0.3, -0.25) is 4.79 Å². The van der Waals surface area contributed by atoms with Gasteiger partial charge in [0.15, 0.2) is 6.29 Å². The number of allylic oxidation sites excluding steroid dienone is 1. The molecule has 0 rings (SSSR count). The molecule has 0 fully saturated rings. The van der Waals surface area contributed by atoms with E-state index in [-0.39, 0.29) is 4.48 Å². The summed E-state index contributed by atoms with van der Waals surface area (Å²) in [6.45, 7) is 0. The summed E-state index contributed by atoms with van der Waals surface area (Å²) in [6.07, 6.45) is 1.56. The number of rotatable bonds is 2. The molecule has 0 aromatic heterocycles. The summed E-state index contributed by atoms with van der Waals surface area (Å²) in [6, 6.07) is 0. The van der Waals surface area contributed by atoms with Crippen LogP contribution in [0.3, 0.4) is 0 Å². The van der Waals surface area contributed by atoms with Gasteiger partial charge in [0.05, 0.1) is 11.6 Å². The van der Waals surface area contributed by atoms with E-state index in [2.05, 4.69) is 20.7 Å². The second kappa shape index (κ2) is 4.26. The summed E-state index contributed by atoms with van der Waals surface area (Å²) in [5.74, 6) is -0.547. The van der Waals surface area contributed by atoms with Gasteiger partial charge < -0.3 is 4.74 Å². The average Bonchev–Trinajstić information content (AvgIpc) is 1.87. The number of ether oxygens (including phenoxy) is 1. The fourth-order valence-corrected chi connectivity index (χ4v) is 0.392. The quantitative estimate of drug-likeness (QED) is 0.367. The summed E-state index contributed by atoms with van der Waals surface area (Å²) in [5, 5.41) is 0. The number of carbonyl (C=O) groups is 2. The van der Waals surface area contributed by atoms with Gasteiger partial charge in [0.25, 0.3) is 0 Å². The molecule has 3 nitrogen and oxygen atoms in total. The number of hydrogen-bond donors (Lipinski definition) is 0. The molecule has 0 amide bonds. The topological polar surface area (TPSA) is 43.4 Å². The van der Waals surface area contributed by atoms with Gasteiger partial charge in [-0.2, -0.15) is 0 Å². The van der Waals surface area contributed by atoms with E-state index in [1.807, 2.05) is 0 Å². The first-order chi connectivity index (χ1) is 4.20. The van der Waals surface area contributed by atoms with Crippen LogP contribution in [0.1, 0.15) is 0 Å². The summed E-state index contributed by atoms with van der Waals surface area (Å²) >= 11 is 2.81. The van der Waals surface area contributed by atoms with E-state index >= 15 is 0 Å². The van der Waals surface area contributed by atoms with E-state index in [0.717, 1.165) is 6.08 Å². The molecule has 0 aromatic carbocycles. The molecule has 0 radical (unpaired) electrons. The van der Waals surface area contributed by atoms with Crippen molar-refractivity contribution in [3.05, 3.63) is 10.6 Å². The van der Waals surface area contributed by atoms with Crippen LogP contribution in [-0.2, 0) is 14.3 Å². The molecule has 0 aromatic rings. The predicted octanol–water partition coefficient (Wildman–Crippen LogP) is 0.637. The summed E-state index contributed by atoms with van der Waals surface area (Å²) in [4.78, 5) is 20.1. The van der Waals surface area contributed by atoms with Crippen molar-refractivity contribution in [3.63, 3.8) is 0 Å². The van der Waals surface area contributed by atoms with Crippen LogP contribution < -0.4 is 0 Å². The van der Waals surface area contributed by atoms with E-state index in [4.69, 9.17) is 0 Å². The van der Waals surface area contributed by atoms with Gasteiger partial charge in [-0.05, 0) is 15.9 Å². The molecule has 0 N–H and O–H groups in total. The van der Waals surface area contributed by atoms with Crippen LogP contribution in [0.25, 0.3) is 0 Å². The maximum atomic E-state index is 10.3. The molecular weight excluding hydrogens is 188 g/mol. The minimum absolute atomic E-state index is 0.175. The van der Waals surface area contributed by atoms with Crippen LogP contribution in [0.15, 0.2) is 10.6 Å². The molecule has 50 valence electrons. The Bertz CT molecular complexity index is 150. The maximum Gasteiger partial charge on any atom is 0.331 e. The van der Waals surface area contributed by atoms with Gasteiger partial charge in [0.2, 0.25) is 0 Å². The fraction of sp³-hybridized carbons (Fsp3) is 0.200. The maximum absolute atomic E-state index is 10.3. The average molecular weight is 193 g/mol. The van der Waals surface area contributed by atoms with Crippen molar-refractivity contribution in [3.8, 4) is 0 Å². The second-order valence-electron chi connectivity index (χ2n) is 1.17. The summed E-state index contributed by atoms with van der Waals surface area (Å²) in [7, 11) is 1.24. The molecule has 0 heterocycles. The van der Waals surface area contributed by atoms with Crippen molar-refractivity contribution in [2.75, 3.05) is 7.11 Å². The van der Waals surface area contributed by atoms with Crippen LogP contribution >= 0.6 is 15.9 Å². The first-order valence-electron chi connectivity index (χ1n) is 2.11. The van der Waals surface area contributed by atoms with E-state index in [1.54, 1.807) is 0 Å². The lowest BCUT2D eigenvalue weighted by Gasteiger charge is -1.87.